The van der Waals surface area contributed by atoms with E-state index in [2.05, 4.69) is 41.4 Å². The molecule has 0 unspecified atom stereocenters. The van der Waals surface area contributed by atoms with Gasteiger partial charge in [-0.25, -0.2) is 0 Å². The zero-order chi connectivity index (χ0) is 11.2. The molecule has 0 amide bonds. The van der Waals surface area contributed by atoms with Gasteiger partial charge in [0.1, 0.15) is 0 Å². The van der Waals surface area contributed by atoms with Gasteiger partial charge in [-0.15, -0.1) is 17.5 Å². The van der Waals surface area contributed by atoms with Gasteiger partial charge in [0.05, 0.1) is 5.65 Å². The fourth-order valence-corrected chi connectivity index (χ4v) is 2.37. The molecule has 0 aliphatic carbocycles. The monoisotopic (exact) mass is 412 g/mol. The second-order valence-corrected chi connectivity index (χ2v) is 4.14. The van der Waals surface area contributed by atoms with Crippen LogP contribution in [0.4, 0.5) is 0 Å². The summed E-state index contributed by atoms with van der Waals surface area (Å²) in [6.07, 6.45) is 5.82. The molecule has 0 saturated heterocycles. The van der Waals surface area contributed by atoms with Crippen LogP contribution in [0.15, 0.2) is 55.0 Å². The largest absolute Gasteiger partial charge is 0.347 e. The predicted molar refractivity (Wildman–Crippen MR) is 69.0 cm³/mol. The van der Waals surface area contributed by atoms with Gasteiger partial charge in [-0.3, -0.25) is 4.98 Å². The number of rotatable bonds is 0. The minimum absolute atomic E-state index is 0. The van der Waals surface area contributed by atoms with Crippen LogP contribution in [0.5, 0.6) is 0 Å². The summed E-state index contributed by atoms with van der Waals surface area (Å²) in [5.41, 5.74) is 0.966. The summed E-state index contributed by atoms with van der Waals surface area (Å²) in [5.74, 6) is 0. The molecule has 0 atom stereocenters. The topological polar surface area (TPSA) is 17.3 Å². The van der Waals surface area contributed by atoms with Crippen LogP contribution in [0.3, 0.4) is 0 Å². The molecule has 0 N–H and O–H groups in total. The molecule has 2 heterocycles. The minimum Gasteiger partial charge on any atom is -0.347 e. The maximum atomic E-state index is 4.39. The first-order valence-corrected chi connectivity index (χ1v) is 5.58. The molecule has 0 radical (unpaired) electrons. The number of fused-ring (bicyclic) bond motifs is 5. The Morgan fingerprint density at radius 3 is 2.83 bits per heavy atom. The van der Waals surface area contributed by atoms with Gasteiger partial charge in [-0.1, -0.05) is 46.5 Å². The fraction of sp³-hybridized carbons (Fsp3) is 0. The standard InChI is InChI=1S/C15H9N2.Pt/c1-2-4-12-11(3-1)5-6-14-13(12)7-9-17-10-8-16-15(14)17;/h1-5,7-10H;/q-1;. The third-order valence-electron chi connectivity index (χ3n) is 3.19. The molecule has 0 bridgehead atoms. The average Bonchev–Trinajstić information content (AvgIpc) is 2.86. The number of pyridine rings is 1. The molecule has 18 heavy (non-hydrogen) atoms. The van der Waals surface area contributed by atoms with Gasteiger partial charge in [0.25, 0.3) is 0 Å². The molecular weight excluding hydrogens is 403 g/mol. The molecule has 0 fully saturated rings. The zero-order valence-electron chi connectivity index (χ0n) is 9.41. The van der Waals surface area contributed by atoms with Crippen LogP contribution in [0.1, 0.15) is 0 Å². The molecule has 3 heteroatoms. The molecule has 0 saturated carbocycles. The summed E-state index contributed by atoms with van der Waals surface area (Å²) < 4.78 is 2.02. The van der Waals surface area contributed by atoms with E-state index >= 15 is 0 Å². The Morgan fingerprint density at radius 2 is 1.89 bits per heavy atom. The summed E-state index contributed by atoms with van der Waals surface area (Å²) in [4.78, 5) is 4.39. The van der Waals surface area contributed by atoms with Crippen LogP contribution >= 0.6 is 0 Å². The fourth-order valence-electron chi connectivity index (χ4n) is 2.37. The molecule has 2 aromatic carbocycles. The molecule has 2 aromatic heterocycles. The van der Waals surface area contributed by atoms with Crippen molar-refractivity contribution in [3.05, 3.63) is 61.1 Å². The van der Waals surface area contributed by atoms with Gasteiger partial charge in [0, 0.05) is 33.5 Å². The second-order valence-electron chi connectivity index (χ2n) is 4.14. The maximum absolute atomic E-state index is 4.39. The summed E-state index contributed by atoms with van der Waals surface area (Å²) in [6, 6.07) is 15.9. The van der Waals surface area contributed by atoms with Crippen LogP contribution in [-0.2, 0) is 21.1 Å². The van der Waals surface area contributed by atoms with E-state index in [1.807, 2.05) is 29.1 Å². The molecule has 4 aromatic rings. The van der Waals surface area contributed by atoms with Crippen LogP contribution in [0.2, 0.25) is 0 Å². The van der Waals surface area contributed by atoms with Crippen molar-refractivity contribution in [2.45, 2.75) is 0 Å². The van der Waals surface area contributed by atoms with Gasteiger partial charge in [-0.2, -0.15) is 0 Å². The Morgan fingerprint density at radius 1 is 1.00 bits per heavy atom. The van der Waals surface area contributed by atoms with E-state index in [9.17, 15) is 0 Å². The van der Waals surface area contributed by atoms with Crippen molar-refractivity contribution >= 4 is 27.2 Å². The van der Waals surface area contributed by atoms with Crippen molar-refractivity contribution in [1.82, 2.24) is 9.38 Å². The molecule has 4 rings (SSSR count). The number of hydrogen-bond acceptors (Lipinski definition) is 1. The van der Waals surface area contributed by atoms with Gasteiger partial charge < -0.3 is 4.40 Å². The Kier molecular flexibility index (Phi) is 2.68. The number of nitrogens with zero attached hydrogens (tertiary/aromatic N) is 2. The number of aromatic nitrogens is 2. The van der Waals surface area contributed by atoms with Crippen molar-refractivity contribution in [1.29, 1.82) is 0 Å². The predicted octanol–water partition coefficient (Wildman–Crippen LogP) is 3.44. The summed E-state index contributed by atoms with van der Waals surface area (Å²) in [5, 5.41) is 4.76. The summed E-state index contributed by atoms with van der Waals surface area (Å²) in [7, 11) is 0. The van der Waals surface area contributed by atoms with E-state index in [4.69, 9.17) is 0 Å². The van der Waals surface area contributed by atoms with E-state index in [-0.39, 0.29) is 21.1 Å². The van der Waals surface area contributed by atoms with E-state index in [1.165, 1.54) is 16.2 Å². The Hall–Kier alpha value is -1.66. The van der Waals surface area contributed by atoms with Crippen molar-refractivity contribution in [2.24, 2.45) is 0 Å². The normalized spacial score (nSPS) is 10.9. The first kappa shape index (κ1) is 11.4. The van der Waals surface area contributed by atoms with E-state index in [1.54, 1.807) is 0 Å². The van der Waals surface area contributed by atoms with E-state index in [0.29, 0.717) is 0 Å². The third-order valence-corrected chi connectivity index (χ3v) is 3.19. The maximum Gasteiger partial charge on any atom is 0.0603 e. The minimum atomic E-state index is 0. The molecule has 0 aliphatic heterocycles. The summed E-state index contributed by atoms with van der Waals surface area (Å²) >= 11 is 0. The SMILES string of the molecule is [Pt].[c-]1cc2ccccc2c2ccn3ccnc3c12. The Balaban J connectivity index is 0.000001000. The first-order chi connectivity index (χ1) is 8.43. The molecular formula is C15H9N2Pt-. The number of hydrogen-bond donors (Lipinski definition) is 0. The van der Waals surface area contributed by atoms with Crippen molar-refractivity contribution in [3.8, 4) is 0 Å². The Labute approximate surface area is 119 Å². The molecule has 0 aliphatic rings. The molecule has 0 spiro atoms. The molecule has 2 nitrogen and oxygen atoms in total. The van der Waals surface area contributed by atoms with E-state index in [0.717, 1.165) is 11.0 Å². The third kappa shape index (κ3) is 1.49. The van der Waals surface area contributed by atoms with Gasteiger partial charge in [-0.05, 0) is 6.20 Å². The summed E-state index contributed by atoms with van der Waals surface area (Å²) in [6.45, 7) is 0. The van der Waals surface area contributed by atoms with Crippen LogP contribution in [0, 0.1) is 6.07 Å². The quantitative estimate of drug-likeness (QED) is 0.320. The van der Waals surface area contributed by atoms with Crippen molar-refractivity contribution < 1.29 is 21.1 Å². The van der Waals surface area contributed by atoms with Crippen LogP contribution in [0.25, 0.3) is 27.2 Å². The van der Waals surface area contributed by atoms with Crippen LogP contribution < -0.4 is 0 Å². The average molecular weight is 412 g/mol. The molecule has 90 valence electrons. The smallest absolute Gasteiger partial charge is 0.0603 e. The van der Waals surface area contributed by atoms with E-state index < -0.39 is 0 Å². The Bertz CT molecular complexity index is 849. The van der Waals surface area contributed by atoms with Crippen LogP contribution in [-0.4, -0.2) is 9.38 Å². The number of benzene rings is 2. The van der Waals surface area contributed by atoms with Gasteiger partial charge in [0.15, 0.2) is 0 Å². The number of imidazole rings is 1. The van der Waals surface area contributed by atoms with Crippen molar-refractivity contribution in [2.75, 3.05) is 0 Å². The second kappa shape index (κ2) is 4.22. The van der Waals surface area contributed by atoms with Gasteiger partial charge in [0.2, 0.25) is 0 Å². The zero-order valence-corrected chi connectivity index (χ0v) is 11.7. The first-order valence-electron chi connectivity index (χ1n) is 5.58. The van der Waals surface area contributed by atoms with Gasteiger partial charge >= 0.3 is 0 Å². The van der Waals surface area contributed by atoms with Crippen molar-refractivity contribution in [3.63, 3.8) is 0 Å².